The van der Waals surface area contributed by atoms with Crippen LogP contribution in [0.5, 0.6) is 5.88 Å². The third kappa shape index (κ3) is 5.18. The molecule has 1 aromatic rings. The van der Waals surface area contributed by atoms with Crippen LogP contribution in [0.1, 0.15) is 42.5 Å². The first-order valence-corrected chi connectivity index (χ1v) is 9.02. The molecule has 0 radical (unpaired) electrons. The fraction of sp³-hybridized carbons (Fsp3) is 0.667. The van der Waals surface area contributed by atoms with Crippen LogP contribution in [0.25, 0.3) is 0 Å². The molecule has 6 nitrogen and oxygen atoms in total. The topological polar surface area (TPSA) is 63.7 Å². The number of amides is 1. The smallest absolute Gasteiger partial charge is 0.251 e. The summed E-state index contributed by atoms with van der Waals surface area (Å²) in [5, 5.41) is 2.98. The molecule has 6 heteroatoms. The van der Waals surface area contributed by atoms with Crippen molar-refractivity contribution in [3.8, 4) is 5.88 Å². The first-order chi connectivity index (χ1) is 11.8. The van der Waals surface area contributed by atoms with E-state index in [1.165, 1.54) is 12.8 Å². The number of ether oxygens (including phenoxy) is 2. The third-order valence-electron chi connectivity index (χ3n) is 4.63. The molecule has 0 aromatic carbocycles. The number of nitrogens with zero attached hydrogens (tertiary/aromatic N) is 2. The molecule has 1 aromatic heterocycles. The van der Waals surface area contributed by atoms with E-state index in [-0.39, 0.29) is 12.0 Å². The van der Waals surface area contributed by atoms with E-state index in [4.69, 9.17) is 9.47 Å². The lowest BCUT2D eigenvalue weighted by Gasteiger charge is -2.26. The highest BCUT2D eigenvalue weighted by Crippen LogP contribution is 2.23. The van der Waals surface area contributed by atoms with E-state index in [2.05, 4.69) is 15.2 Å². The molecule has 3 rings (SSSR count). The number of hydrogen-bond donors (Lipinski definition) is 1. The van der Waals surface area contributed by atoms with Gasteiger partial charge in [-0.15, -0.1) is 0 Å². The van der Waals surface area contributed by atoms with Gasteiger partial charge in [0.1, 0.15) is 6.10 Å². The number of carbonyl (C=O) groups is 1. The van der Waals surface area contributed by atoms with E-state index in [1.807, 2.05) is 0 Å². The van der Waals surface area contributed by atoms with Crippen LogP contribution in [0, 0.1) is 0 Å². The average molecular weight is 333 g/mol. The van der Waals surface area contributed by atoms with E-state index in [9.17, 15) is 4.79 Å². The average Bonchev–Trinajstić information content (AvgIpc) is 3.13. The lowest BCUT2D eigenvalue weighted by Crippen LogP contribution is -2.38. The number of carbonyl (C=O) groups excluding carboxylic acids is 1. The van der Waals surface area contributed by atoms with Crippen molar-refractivity contribution in [2.24, 2.45) is 0 Å². The van der Waals surface area contributed by atoms with Crippen LogP contribution in [0.4, 0.5) is 0 Å². The highest BCUT2D eigenvalue weighted by molar-refractivity contribution is 5.94. The van der Waals surface area contributed by atoms with Gasteiger partial charge >= 0.3 is 0 Å². The van der Waals surface area contributed by atoms with Crippen LogP contribution >= 0.6 is 0 Å². The second-order valence-electron chi connectivity index (χ2n) is 6.47. The van der Waals surface area contributed by atoms with Crippen molar-refractivity contribution in [2.45, 2.75) is 38.2 Å². The highest BCUT2D eigenvalue weighted by atomic mass is 16.5. The summed E-state index contributed by atoms with van der Waals surface area (Å²) in [4.78, 5) is 18.9. The zero-order valence-corrected chi connectivity index (χ0v) is 14.2. The molecule has 0 spiro atoms. The summed E-state index contributed by atoms with van der Waals surface area (Å²) in [5.74, 6) is 0.499. The number of nitrogens with one attached hydrogen (secondary N) is 1. The zero-order valence-electron chi connectivity index (χ0n) is 14.2. The summed E-state index contributed by atoms with van der Waals surface area (Å²) >= 11 is 0. The van der Waals surface area contributed by atoms with Crippen LogP contribution in [-0.4, -0.2) is 61.3 Å². The van der Waals surface area contributed by atoms with Crippen molar-refractivity contribution >= 4 is 5.91 Å². The first kappa shape index (κ1) is 17.2. The molecule has 1 aliphatic heterocycles. The summed E-state index contributed by atoms with van der Waals surface area (Å²) in [5.41, 5.74) is 0.615. The largest absolute Gasteiger partial charge is 0.474 e. The van der Waals surface area contributed by atoms with Gasteiger partial charge in [-0.2, -0.15) is 0 Å². The van der Waals surface area contributed by atoms with Gasteiger partial charge in [0.25, 0.3) is 5.91 Å². The SMILES string of the molecule is O=C(NCCCN1CCOCC1)c1ccnc(OC2CCCC2)c1. The van der Waals surface area contributed by atoms with Gasteiger partial charge in [-0.25, -0.2) is 4.98 Å². The molecule has 2 fully saturated rings. The maximum atomic E-state index is 12.3. The third-order valence-corrected chi connectivity index (χ3v) is 4.63. The minimum absolute atomic E-state index is 0.0596. The maximum absolute atomic E-state index is 12.3. The molecule has 1 saturated heterocycles. The molecule has 1 saturated carbocycles. The minimum Gasteiger partial charge on any atom is -0.474 e. The second-order valence-corrected chi connectivity index (χ2v) is 6.47. The maximum Gasteiger partial charge on any atom is 0.251 e. The summed E-state index contributed by atoms with van der Waals surface area (Å²) in [7, 11) is 0. The summed E-state index contributed by atoms with van der Waals surface area (Å²) in [6.45, 7) is 5.27. The molecular formula is C18H27N3O3. The van der Waals surface area contributed by atoms with E-state index in [0.717, 1.165) is 52.1 Å². The van der Waals surface area contributed by atoms with Crippen LogP contribution in [0.2, 0.25) is 0 Å². The van der Waals surface area contributed by atoms with Gasteiger partial charge in [0.15, 0.2) is 0 Å². The number of pyridine rings is 1. The molecule has 1 N–H and O–H groups in total. The van der Waals surface area contributed by atoms with Crippen LogP contribution in [-0.2, 0) is 4.74 Å². The molecule has 2 heterocycles. The number of morpholine rings is 1. The Morgan fingerprint density at radius 1 is 1.33 bits per heavy atom. The Morgan fingerprint density at radius 3 is 2.92 bits per heavy atom. The quantitative estimate of drug-likeness (QED) is 0.772. The van der Waals surface area contributed by atoms with Crippen LogP contribution in [0.15, 0.2) is 18.3 Å². The molecule has 1 amide bonds. The van der Waals surface area contributed by atoms with Crippen molar-refractivity contribution in [3.05, 3.63) is 23.9 Å². The molecule has 0 bridgehead atoms. The number of hydrogen-bond acceptors (Lipinski definition) is 5. The van der Waals surface area contributed by atoms with Gasteiger partial charge in [0.2, 0.25) is 5.88 Å². The van der Waals surface area contributed by atoms with E-state index >= 15 is 0 Å². The Labute approximate surface area is 143 Å². The summed E-state index contributed by atoms with van der Waals surface area (Å²) in [6, 6.07) is 3.48. The van der Waals surface area contributed by atoms with Crippen LogP contribution < -0.4 is 10.1 Å². The molecular weight excluding hydrogens is 306 g/mol. The van der Waals surface area contributed by atoms with Gasteiger partial charge in [-0.1, -0.05) is 0 Å². The van der Waals surface area contributed by atoms with E-state index in [1.54, 1.807) is 18.3 Å². The van der Waals surface area contributed by atoms with Crippen molar-refractivity contribution in [1.82, 2.24) is 15.2 Å². The molecule has 0 unspecified atom stereocenters. The van der Waals surface area contributed by atoms with E-state index < -0.39 is 0 Å². The Kier molecular flexibility index (Phi) is 6.43. The summed E-state index contributed by atoms with van der Waals surface area (Å²) < 4.78 is 11.2. The Bertz CT molecular complexity index is 526. The predicted octanol–water partition coefficient (Wildman–Crippen LogP) is 1.86. The lowest BCUT2D eigenvalue weighted by atomic mass is 10.2. The van der Waals surface area contributed by atoms with Gasteiger partial charge in [-0.3, -0.25) is 9.69 Å². The van der Waals surface area contributed by atoms with Gasteiger partial charge in [0, 0.05) is 37.5 Å². The molecule has 2 aliphatic rings. The Balaban J connectivity index is 1.40. The van der Waals surface area contributed by atoms with Crippen LogP contribution in [0.3, 0.4) is 0 Å². The fourth-order valence-electron chi connectivity index (χ4n) is 3.22. The van der Waals surface area contributed by atoms with Crippen molar-refractivity contribution in [1.29, 1.82) is 0 Å². The summed E-state index contributed by atoms with van der Waals surface area (Å²) in [6.07, 6.45) is 7.44. The first-order valence-electron chi connectivity index (χ1n) is 9.02. The Morgan fingerprint density at radius 2 is 2.12 bits per heavy atom. The lowest BCUT2D eigenvalue weighted by molar-refractivity contribution is 0.0374. The number of rotatable bonds is 7. The Hall–Kier alpha value is -1.66. The van der Waals surface area contributed by atoms with E-state index in [0.29, 0.717) is 18.0 Å². The van der Waals surface area contributed by atoms with Gasteiger partial charge in [0.05, 0.1) is 13.2 Å². The molecule has 1 aliphatic carbocycles. The van der Waals surface area contributed by atoms with Gasteiger partial charge < -0.3 is 14.8 Å². The highest BCUT2D eigenvalue weighted by Gasteiger charge is 2.17. The minimum atomic E-state index is -0.0596. The molecule has 132 valence electrons. The molecule has 24 heavy (non-hydrogen) atoms. The standard InChI is InChI=1S/C18H27N3O3/c22-18(20-7-3-9-21-10-12-23-13-11-21)15-6-8-19-17(14-15)24-16-4-1-2-5-16/h6,8,14,16H,1-5,7,9-13H2,(H,20,22). The fourth-order valence-corrected chi connectivity index (χ4v) is 3.22. The number of aromatic nitrogens is 1. The zero-order chi connectivity index (χ0) is 16.6. The second kappa shape index (κ2) is 8.99. The van der Waals surface area contributed by atoms with Crippen molar-refractivity contribution < 1.29 is 14.3 Å². The monoisotopic (exact) mass is 333 g/mol. The molecule has 0 atom stereocenters. The predicted molar refractivity (Wildman–Crippen MR) is 91.3 cm³/mol. The van der Waals surface area contributed by atoms with Crippen molar-refractivity contribution in [2.75, 3.05) is 39.4 Å². The van der Waals surface area contributed by atoms with Gasteiger partial charge in [-0.05, 0) is 44.7 Å². The normalized spacial score (nSPS) is 19.3. The van der Waals surface area contributed by atoms with Crippen molar-refractivity contribution in [3.63, 3.8) is 0 Å².